The topological polar surface area (TPSA) is 276 Å². The maximum Gasteiger partial charge on any atom is 0.346 e. The van der Waals surface area contributed by atoms with Crippen LogP contribution in [0.2, 0.25) is 0 Å². The predicted molar refractivity (Wildman–Crippen MR) is 380 cm³/mol. The van der Waals surface area contributed by atoms with E-state index in [-0.39, 0.29) is 104 Å². The Kier molecular flexibility index (Phi) is 31.1. The van der Waals surface area contributed by atoms with E-state index < -0.39 is 110 Å². The highest BCUT2D eigenvalue weighted by Gasteiger charge is 2.26. The summed E-state index contributed by atoms with van der Waals surface area (Å²) in [5, 5.41) is 1.69. The highest BCUT2D eigenvalue weighted by atomic mass is 19.2. The van der Waals surface area contributed by atoms with E-state index in [2.05, 4.69) is 0 Å². The van der Waals surface area contributed by atoms with Crippen LogP contribution in [0.4, 0.5) is 26.3 Å². The van der Waals surface area contributed by atoms with E-state index in [9.17, 15) is 65.1 Å². The third kappa shape index (κ3) is 24.9. The summed E-state index contributed by atoms with van der Waals surface area (Å²) >= 11 is 0. The second-order valence-corrected chi connectivity index (χ2v) is 25.4. The minimum Gasteiger partial charge on any atom is -0.490 e. The average Bonchev–Trinajstić information content (AvgIpc) is 0.824. The molecular weight excluding hydrogens is 1420 g/mol. The van der Waals surface area contributed by atoms with E-state index in [1.807, 2.05) is 0 Å². The number of carbonyl (C=O) groups excluding carboxylic acids is 6. The molecule has 3 heterocycles. The van der Waals surface area contributed by atoms with Crippen LogP contribution in [0, 0.1) is 34.9 Å². The molecule has 0 atom stereocenters. The zero-order valence-corrected chi connectivity index (χ0v) is 59.0. The summed E-state index contributed by atoms with van der Waals surface area (Å²) in [7, 11) is 0. The van der Waals surface area contributed by atoms with Gasteiger partial charge in [-0.15, -0.1) is 0 Å². The van der Waals surface area contributed by atoms with Crippen LogP contribution in [0.1, 0.15) is 185 Å². The first-order valence-electron chi connectivity index (χ1n) is 35.9. The maximum atomic E-state index is 15.0. The Morgan fingerprint density at radius 2 is 0.574 bits per heavy atom. The molecule has 0 saturated carbocycles. The van der Waals surface area contributed by atoms with Gasteiger partial charge in [0.15, 0.2) is 40.8 Å². The molecule has 21 nitrogen and oxygen atoms in total. The Labute approximate surface area is 615 Å². The molecular formula is C81H80F6O21. The van der Waals surface area contributed by atoms with Crippen molar-refractivity contribution in [2.45, 2.75) is 160 Å². The molecule has 0 radical (unpaired) electrons. The molecule has 0 aliphatic carbocycles. The smallest absolute Gasteiger partial charge is 0.346 e. The Balaban J connectivity index is 0.630. The predicted octanol–water partition coefficient (Wildman–Crippen LogP) is 17.4. The molecule has 0 amide bonds. The Bertz CT molecular complexity index is 4580. The van der Waals surface area contributed by atoms with Gasteiger partial charge in [0.25, 0.3) is 0 Å². The van der Waals surface area contributed by atoms with Crippen molar-refractivity contribution in [3.63, 3.8) is 0 Å². The van der Waals surface area contributed by atoms with Crippen LogP contribution in [0.25, 0.3) is 32.9 Å². The summed E-state index contributed by atoms with van der Waals surface area (Å²) in [6.07, 6.45) is 13.7. The molecule has 0 aliphatic rings. The van der Waals surface area contributed by atoms with E-state index in [1.54, 1.807) is 0 Å². The minimum atomic E-state index is -1.45. The average molecular weight is 1500 g/mol. The molecule has 9 aromatic rings. The maximum absolute atomic E-state index is 15.0. The molecule has 0 N–H and O–H groups in total. The van der Waals surface area contributed by atoms with Crippen LogP contribution < -0.4 is 45.3 Å². The third-order valence-corrected chi connectivity index (χ3v) is 17.2. The lowest BCUT2D eigenvalue weighted by molar-refractivity contribution is -0.167. The van der Waals surface area contributed by atoms with Crippen molar-refractivity contribution in [3.05, 3.63) is 210 Å². The van der Waals surface area contributed by atoms with Crippen molar-refractivity contribution < 1.29 is 111 Å². The van der Waals surface area contributed by atoms with Gasteiger partial charge in [-0.1, -0.05) is 96.3 Å². The van der Waals surface area contributed by atoms with Crippen LogP contribution >= 0.6 is 0 Å². The summed E-state index contributed by atoms with van der Waals surface area (Å²) < 4.78 is 154. The first-order chi connectivity index (χ1) is 52.3. The molecule has 108 heavy (non-hydrogen) atoms. The highest BCUT2D eigenvalue weighted by Crippen LogP contribution is 2.31. The van der Waals surface area contributed by atoms with Crippen molar-refractivity contribution in [1.82, 2.24) is 0 Å². The van der Waals surface area contributed by atoms with Gasteiger partial charge < -0.3 is 55.9 Å². The van der Waals surface area contributed by atoms with Crippen molar-refractivity contribution in [3.8, 4) is 34.5 Å². The van der Waals surface area contributed by atoms with Gasteiger partial charge in [-0.2, -0.15) is 13.2 Å². The second-order valence-electron chi connectivity index (χ2n) is 25.4. The van der Waals surface area contributed by atoms with E-state index in [0.717, 1.165) is 94.2 Å². The van der Waals surface area contributed by atoms with Crippen molar-refractivity contribution in [2.75, 3.05) is 33.0 Å². The van der Waals surface area contributed by atoms with Gasteiger partial charge >= 0.3 is 52.7 Å². The number of unbranched alkanes of at least 4 members (excludes halogenated alkanes) is 18. The molecule has 572 valence electrons. The molecule has 0 bridgehead atoms. The molecule has 0 unspecified atom stereocenters. The van der Waals surface area contributed by atoms with Gasteiger partial charge in [0.05, 0.1) is 36.5 Å². The van der Waals surface area contributed by atoms with Crippen molar-refractivity contribution in [2.24, 2.45) is 0 Å². The third-order valence-electron chi connectivity index (χ3n) is 17.2. The Morgan fingerprint density at radius 1 is 0.306 bits per heavy atom. The molecule has 0 saturated heterocycles. The van der Waals surface area contributed by atoms with Crippen LogP contribution in [-0.4, -0.2) is 75.0 Å². The quantitative estimate of drug-likeness (QED) is 0.00856. The van der Waals surface area contributed by atoms with Crippen molar-refractivity contribution in [1.29, 1.82) is 0 Å². The number of fused-ring (bicyclic) bond motifs is 3. The number of esters is 6. The zero-order valence-electron chi connectivity index (χ0n) is 59.0. The van der Waals surface area contributed by atoms with Crippen molar-refractivity contribution >= 4 is 68.7 Å². The fourth-order valence-electron chi connectivity index (χ4n) is 11.4. The molecule has 6 aromatic carbocycles. The van der Waals surface area contributed by atoms with E-state index in [0.29, 0.717) is 93.2 Å². The van der Waals surface area contributed by atoms with E-state index >= 15 is 4.39 Å². The fourth-order valence-corrected chi connectivity index (χ4v) is 11.4. The summed E-state index contributed by atoms with van der Waals surface area (Å²) in [6.45, 7) is -0.448. The summed E-state index contributed by atoms with van der Waals surface area (Å²) in [5.74, 6) is -14.7. The summed E-state index contributed by atoms with van der Waals surface area (Å²) in [6, 6.07) is 27.5. The molecule has 9 rings (SSSR count). The van der Waals surface area contributed by atoms with Crippen LogP contribution in [0.5, 0.6) is 34.5 Å². The molecule has 0 spiro atoms. The van der Waals surface area contributed by atoms with Gasteiger partial charge in [0, 0.05) is 71.8 Å². The van der Waals surface area contributed by atoms with Crippen LogP contribution in [0.15, 0.2) is 155 Å². The number of hydrogen-bond donors (Lipinski definition) is 0. The van der Waals surface area contributed by atoms with Crippen LogP contribution in [0.3, 0.4) is 0 Å². The van der Waals surface area contributed by atoms with Gasteiger partial charge in [-0.05, 0) is 130 Å². The van der Waals surface area contributed by atoms with Gasteiger partial charge in [-0.3, -0.25) is 14.4 Å². The van der Waals surface area contributed by atoms with E-state index in [4.69, 9.17) is 55.9 Å². The lowest BCUT2D eigenvalue weighted by atomic mass is 10.1. The Hall–Kier alpha value is -11.3. The summed E-state index contributed by atoms with van der Waals surface area (Å²) in [4.78, 5) is 112. The standard InChI is InChI=1S/C81H80F6O21/c82-73-58(79(94)103-54-31-25-51-28-40-70(91)106-64(51)46-54)34-37-61(76(73)85)97-43-19-13-7-1-4-10-16-22-67(88)100-49-57(102-69(90)24-18-12-6-3-9-15-21-45-99-63-39-36-60(75(84)78(63)87)81(96)105-56-33-27-53-30-42-72(93)108-66(53)48-56)50-101-68(89)23-17-11-5-2-8-14-20-44-98-62-38-35-59(74(83)77(62)86)80(95)104-55-32-26-52-29-41-71(92)107-65(52)47-55/h25-42,46-48,57H,1-24,43-45,49-50H2. The molecule has 0 aliphatic heterocycles. The lowest BCUT2D eigenvalue weighted by Crippen LogP contribution is -2.30. The highest BCUT2D eigenvalue weighted by molar-refractivity contribution is 5.94. The number of rotatable bonds is 44. The first kappa shape index (κ1) is 80.8. The molecule has 3 aromatic heterocycles. The SMILES string of the molecule is O=C(CCCCCCCCCOc1ccc(C(=O)Oc2ccc3ccc(=O)oc3c2)c(F)c1F)OCC(COC(=O)CCCCCCCCCOc1ccc(C(=O)Oc2ccc3ccc(=O)oc3c2)c(F)c1F)OC(=O)CCCCCCCCCOc1ccc(C(=O)Oc2ccc3ccc(=O)oc3c2)c(F)c1F. The van der Waals surface area contributed by atoms with E-state index in [1.165, 1.54) is 91.0 Å². The van der Waals surface area contributed by atoms with Crippen LogP contribution in [-0.2, 0) is 28.6 Å². The fraction of sp³-hybridized carbons (Fsp3) is 0.370. The number of hydrogen-bond acceptors (Lipinski definition) is 21. The number of benzene rings is 6. The van der Waals surface area contributed by atoms with Gasteiger partial charge in [0.1, 0.15) is 47.2 Å². The normalized spacial score (nSPS) is 11.2. The first-order valence-corrected chi connectivity index (χ1v) is 35.9. The Morgan fingerprint density at radius 3 is 0.880 bits per heavy atom. The minimum absolute atomic E-state index is 0.0409. The number of halogens is 6. The van der Waals surface area contributed by atoms with Gasteiger partial charge in [-0.25, -0.2) is 41.9 Å². The van der Waals surface area contributed by atoms with Gasteiger partial charge in [0.2, 0.25) is 17.5 Å². The monoisotopic (exact) mass is 1500 g/mol. The lowest BCUT2D eigenvalue weighted by Gasteiger charge is -2.18. The number of ether oxygens (including phenoxy) is 9. The molecule has 27 heteroatoms. The zero-order chi connectivity index (χ0) is 76.7. The largest absolute Gasteiger partial charge is 0.490 e. The molecule has 0 fully saturated rings. The second kappa shape index (κ2) is 41.6. The summed E-state index contributed by atoms with van der Waals surface area (Å²) in [5.41, 5.74) is -3.39. The number of carbonyl (C=O) groups is 6.